The minimum atomic E-state index is -3.00. The van der Waals surface area contributed by atoms with Gasteiger partial charge in [-0.3, -0.25) is 0 Å². The Balaban J connectivity index is 2.26. The van der Waals surface area contributed by atoms with E-state index in [0.717, 1.165) is 30.8 Å². The van der Waals surface area contributed by atoms with Crippen LogP contribution in [0.5, 0.6) is 5.75 Å². The lowest BCUT2D eigenvalue weighted by molar-refractivity contribution is 0.288. The lowest BCUT2D eigenvalue weighted by Gasteiger charge is -2.21. The number of hydrogen-bond acceptors (Lipinski definition) is 4. The van der Waals surface area contributed by atoms with Gasteiger partial charge in [0.05, 0.1) is 12.4 Å². The molecule has 0 spiro atoms. The Bertz CT molecular complexity index is 525. The van der Waals surface area contributed by atoms with Gasteiger partial charge in [-0.15, -0.1) is 0 Å². The standard InChI is InChI=1S/C13H19NO3S/c1-14-12(9-18(2,15)16)10-5-6-13-11(8-10)4-3-7-17-13/h5-6,8,12,14H,3-4,7,9H2,1-2H3. The number of benzene rings is 1. The van der Waals surface area contributed by atoms with E-state index >= 15 is 0 Å². The zero-order chi connectivity index (χ0) is 13.2. The fourth-order valence-electron chi connectivity index (χ4n) is 2.25. The molecule has 18 heavy (non-hydrogen) atoms. The second kappa shape index (κ2) is 5.28. The van der Waals surface area contributed by atoms with Crippen LogP contribution in [0.25, 0.3) is 0 Å². The Morgan fingerprint density at radius 2 is 2.22 bits per heavy atom. The minimum Gasteiger partial charge on any atom is -0.493 e. The topological polar surface area (TPSA) is 55.4 Å². The van der Waals surface area contributed by atoms with E-state index in [0.29, 0.717) is 0 Å². The molecule has 2 rings (SSSR count). The molecule has 1 aromatic carbocycles. The molecule has 0 radical (unpaired) electrons. The fourth-order valence-corrected chi connectivity index (χ4v) is 3.21. The van der Waals surface area contributed by atoms with Gasteiger partial charge in [-0.2, -0.15) is 0 Å². The molecule has 1 unspecified atom stereocenters. The smallest absolute Gasteiger partial charge is 0.149 e. The van der Waals surface area contributed by atoms with Gasteiger partial charge in [-0.25, -0.2) is 8.42 Å². The van der Waals surface area contributed by atoms with Crippen molar-refractivity contribution in [2.75, 3.05) is 25.7 Å². The summed E-state index contributed by atoms with van der Waals surface area (Å²) < 4.78 is 28.3. The molecule has 0 aromatic heterocycles. The summed E-state index contributed by atoms with van der Waals surface area (Å²) in [5, 5.41) is 3.06. The SMILES string of the molecule is CNC(CS(C)(=O)=O)c1ccc2c(c1)CCCO2. The highest BCUT2D eigenvalue weighted by Gasteiger charge is 2.18. The first-order chi connectivity index (χ1) is 8.49. The van der Waals surface area contributed by atoms with E-state index < -0.39 is 9.84 Å². The van der Waals surface area contributed by atoms with E-state index in [4.69, 9.17) is 4.74 Å². The molecule has 0 amide bonds. The molecule has 0 saturated heterocycles. The van der Waals surface area contributed by atoms with E-state index in [9.17, 15) is 8.42 Å². The van der Waals surface area contributed by atoms with Crippen LogP contribution in [0.2, 0.25) is 0 Å². The Hall–Kier alpha value is -1.07. The quantitative estimate of drug-likeness (QED) is 0.895. The van der Waals surface area contributed by atoms with Crippen molar-refractivity contribution in [3.8, 4) is 5.75 Å². The number of rotatable bonds is 4. The highest BCUT2D eigenvalue weighted by molar-refractivity contribution is 7.90. The molecule has 0 saturated carbocycles. The third-order valence-electron chi connectivity index (χ3n) is 3.15. The number of hydrogen-bond donors (Lipinski definition) is 1. The van der Waals surface area contributed by atoms with Crippen molar-refractivity contribution in [2.24, 2.45) is 0 Å². The molecule has 0 fully saturated rings. The molecule has 1 N–H and O–H groups in total. The van der Waals surface area contributed by atoms with E-state index in [1.807, 2.05) is 12.1 Å². The van der Waals surface area contributed by atoms with Crippen molar-refractivity contribution in [1.29, 1.82) is 0 Å². The minimum absolute atomic E-state index is 0.114. The van der Waals surface area contributed by atoms with E-state index in [-0.39, 0.29) is 11.8 Å². The maximum Gasteiger partial charge on any atom is 0.149 e. The van der Waals surface area contributed by atoms with Crippen molar-refractivity contribution in [3.05, 3.63) is 29.3 Å². The summed E-state index contributed by atoms with van der Waals surface area (Å²) in [6.45, 7) is 0.769. The third kappa shape index (κ3) is 3.23. The Morgan fingerprint density at radius 1 is 1.44 bits per heavy atom. The van der Waals surface area contributed by atoms with Crippen LogP contribution >= 0.6 is 0 Å². The summed E-state index contributed by atoms with van der Waals surface area (Å²) in [7, 11) is -1.22. The van der Waals surface area contributed by atoms with Gasteiger partial charge < -0.3 is 10.1 Å². The summed E-state index contributed by atoms with van der Waals surface area (Å²) in [4.78, 5) is 0. The van der Waals surface area contributed by atoms with Crippen molar-refractivity contribution in [3.63, 3.8) is 0 Å². The summed E-state index contributed by atoms with van der Waals surface area (Å²) >= 11 is 0. The molecule has 0 aliphatic carbocycles. The largest absolute Gasteiger partial charge is 0.493 e. The molecule has 4 nitrogen and oxygen atoms in total. The second-order valence-corrected chi connectivity index (χ2v) is 6.94. The van der Waals surface area contributed by atoms with Crippen LogP contribution < -0.4 is 10.1 Å². The van der Waals surface area contributed by atoms with Crippen molar-refractivity contribution in [1.82, 2.24) is 5.32 Å². The third-order valence-corrected chi connectivity index (χ3v) is 4.09. The Morgan fingerprint density at radius 3 is 2.89 bits per heavy atom. The average molecular weight is 269 g/mol. The highest BCUT2D eigenvalue weighted by atomic mass is 32.2. The first-order valence-electron chi connectivity index (χ1n) is 6.10. The zero-order valence-corrected chi connectivity index (χ0v) is 11.6. The summed E-state index contributed by atoms with van der Waals surface area (Å²) in [6.07, 6.45) is 3.28. The predicted octanol–water partition coefficient (Wildman–Crippen LogP) is 1.32. The monoisotopic (exact) mass is 269 g/mol. The van der Waals surface area contributed by atoms with Crippen LogP contribution in [0.15, 0.2) is 18.2 Å². The maximum atomic E-state index is 11.4. The van der Waals surface area contributed by atoms with Gasteiger partial charge in [-0.1, -0.05) is 12.1 Å². The van der Waals surface area contributed by atoms with Gasteiger partial charge in [0.2, 0.25) is 0 Å². The fraction of sp³-hybridized carbons (Fsp3) is 0.538. The summed E-state index contributed by atoms with van der Waals surface area (Å²) in [5.74, 6) is 1.04. The predicted molar refractivity (Wildman–Crippen MR) is 71.8 cm³/mol. The Labute approximate surface area is 108 Å². The molecule has 1 aliphatic rings. The van der Waals surface area contributed by atoms with Gasteiger partial charge in [0.1, 0.15) is 15.6 Å². The molecule has 5 heteroatoms. The van der Waals surface area contributed by atoms with Crippen molar-refractivity contribution >= 4 is 9.84 Å². The van der Waals surface area contributed by atoms with E-state index in [2.05, 4.69) is 11.4 Å². The molecular formula is C13H19NO3S. The molecule has 1 atom stereocenters. The van der Waals surface area contributed by atoms with Crippen LogP contribution in [0.4, 0.5) is 0 Å². The Kier molecular flexibility index (Phi) is 3.92. The lowest BCUT2D eigenvalue weighted by Crippen LogP contribution is -2.25. The number of nitrogens with one attached hydrogen (secondary N) is 1. The molecule has 1 aliphatic heterocycles. The summed E-state index contributed by atoms with van der Waals surface area (Å²) in [6, 6.07) is 5.78. The van der Waals surface area contributed by atoms with E-state index in [1.165, 1.54) is 11.8 Å². The van der Waals surface area contributed by atoms with E-state index in [1.54, 1.807) is 7.05 Å². The van der Waals surface area contributed by atoms with Crippen LogP contribution in [0.3, 0.4) is 0 Å². The van der Waals surface area contributed by atoms with Gasteiger partial charge in [-0.05, 0) is 37.1 Å². The number of aryl methyl sites for hydroxylation is 1. The lowest BCUT2D eigenvalue weighted by atomic mass is 10.00. The van der Waals surface area contributed by atoms with Crippen LogP contribution in [0.1, 0.15) is 23.6 Å². The second-order valence-electron chi connectivity index (χ2n) is 4.75. The van der Waals surface area contributed by atoms with Crippen molar-refractivity contribution < 1.29 is 13.2 Å². The molecular weight excluding hydrogens is 250 g/mol. The highest BCUT2D eigenvalue weighted by Crippen LogP contribution is 2.28. The van der Waals surface area contributed by atoms with Gasteiger partial charge in [0.15, 0.2) is 0 Å². The average Bonchev–Trinajstić information content (AvgIpc) is 2.34. The molecule has 0 bridgehead atoms. The maximum absolute atomic E-state index is 11.4. The first kappa shape index (κ1) is 13.4. The first-order valence-corrected chi connectivity index (χ1v) is 8.16. The van der Waals surface area contributed by atoms with Gasteiger partial charge in [0, 0.05) is 12.3 Å². The molecule has 1 aromatic rings. The van der Waals surface area contributed by atoms with Crippen LogP contribution in [-0.4, -0.2) is 34.1 Å². The number of fused-ring (bicyclic) bond motifs is 1. The number of ether oxygens (including phenoxy) is 1. The molecule has 100 valence electrons. The van der Waals surface area contributed by atoms with Crippen LogP contribution in [-0.2, 0) is 16.3 Å². The van der Waals surface area contributed by atoms with Crippen LogP contribution in [0, 0.1) is 0 Å². The summed E-state index contributed by atoms with van der Waals surface area (Å²) in [5.41, 5.74) is 2.18. The van der Waals surface area contributed by atoms with Gasteiger partial charge in [0.25, 0.3) is 0 Å². The number of sulfone groups is 1. The zero-order valence-electron chi connectivity index (χ0n) is 10.8. The molecule has 1 heterocycles. The van der Waals surface area contributed by atoms with Crippen molar-refractivity contribution in [2.45, 2.75) is 18.9 Å². The van der Waals surface area contributed by atoms with Gasteiger partial charge >= 0.3 is 0 Å². The normalized spacial score (nSPS) is 16.8.